The van der Waals surface area contributed by atoms with Gasteiger partial charge >= 0.3 is 6.01 Å². The minimum atomic E-state index is -3.06. The summed E-state index contributed by atoms with van der Waals surface area (Å²) in [5, 5.41) is 3.71. The van der Waals surface area contributed by atoms with E-state index in [4.69, 9.17) is 10.5 Å². The molecule has 4 aromatic rings. The van der Waals surface area contributed by atoms with Crippen molar-refractivity contribution in [3.63, 3.8) is 0 Å². The van der Waals surface area contributed by atoms with Gasteiger partial charge in [-0.2, -0.15) is 9.97 Å². The molecule has 0 saturated carbocycles. The van der Waals surface area contributed by atoms with Gasteiger partial charge in [0.25, 0.3) is 6.43 Å². The van der Waals surface area contributed by atoms with Crippen molar-refractivity contribution in [3.8, 4) is 17.1 Å². The average Bonchev–Trinajstić information content (AvgIpc) is 3.74. The molecule has 0 radical (unpaired) electrons. The summed E-state index contributed by atoms with van der Waals surface area (Å²) >= 11 is 0.860. The molecule has 0 amide bonds. The molecular formula is C30H30F5N7OS. The van der Waals surface area contributed by atoms with Crippen LogP contribution < -0.4 is 20.7 Å². The molecule has 44 heavy (non-hydrogen) atoms. The maximum absolute atomic E-state index is 16.8. The average molecular weight is 632 g/mol. The second-order valence-electron chi connectivity index (χ2n) is 12.4. The molecule has 2 bridgehead atoms. The highest BCUT2D eigenvalue weighted by Crippen LogP contribution is 2.45. The van der Waals surface area contributed by atoms with E-state index in [1.165, 1.54) is 12.1 Å². The third-order valence-corrected chi connectivity index (χ3v) is 10.6. The van der Waals surface area contributed by atoms with Crippen LogP contribution in [0.3, 0.4) is 0 Å². The van der Waals surface area contributed by atoms with Crippen molar-refractivity contribution in [2.45, 2.75) is 62.3 Å². The number of halogens is 5. The van der Waals surface area contributed by atoms with Gasteiger partial charge in [-0.3, -0.25) is 4.90 Å². The summed E-state index contributed by atoms with van der Waals surface area (Å²) < 4.78 is 81.5. The molecule has 6 heterocycles. The standard InChI is InChI=1S/C30H30F5N7OS/c31-14-9-30(6-1-7-42(30)10-14)13-43-29-39-23-19(27(40-29)41-11-15-2-3-16(12-41)37-15)8-18(26(34)35)21(22(23)33)17-4-5-20(32)25-24(17)38-28(36)44-25/h4-5,8,14-16,26,37H,1-3,6-7,9-13H2,(H2,36,38)/t14-,15?,16?,30+/m1/s1. The molecule has 2 unspecified atom stereocenters. The van der Waals surface area contributed by atoms with Gasteiger partial charge < -0.3 is 20.7 Å². The molecule has 0 spiro atoms. The van der Waals surface area contributed by atoms with Gasteiger partial charge in [-0.1, -0.05) is 11.3 Å². The lowest BCUT2D eigenvalue weighted by atomic mass is 9.95. The van der Waals surface area contributed by atoms with Crippen LogP contribution in [0.4, 0.5) is 32.9 Å². The first-order chi connectivity index (χ1) is 21.2. The molecule has 232 valence electrons. The van der Waals surface area contributed by atoms with Crippen molar-refractivity contribution in [2.24, 2.45) is 0 Å². The van der Waals surface area contributed by atoms with Crippen LogP contribution in [0.2, 0.25) is 0 Å². The molecule has 8 rings (SSSR count). The Labute approximate surface area is 253 Å². The molecule has 4 fully saturated rings. The summed E-state index contributed by atoms with van der Waals surface area (Å²) in [6.07, 6.45) is -0.0616. The minimum Gasteiger partial charge on any atom is -0.461 e. The predicted octanol–water partition coefficient (Wildman–Crippen LogP) is 5.60. The third-order valence-electron chi connectivity index (χ3n) is 9.68. The van der Waals surface area contributed by atoms with E-state index in [1.54, 1.807) is 0 Å². The molecule has 0 aliphatic carbocycles. The monoisotopic (exact) mass is 631 g/mol. The van der Waals surface area contributed by atoms with Crippen LogP contribution in [-0.4, -0.2) is 76.4 Å². The highest BCUT2D eigenvalue weighted by atomic mass is 32.1. The van der Waals surface area contributed by atoms with Crippen LogP contribution in [0, 0.1) is 11.6 Å². The van der Waals surface area contributed by atoms with Crippen LogP contribution in [-0.2, 0) is 0 Å². The summed E-state index contributed by atoms with van der Waals surface area (Å²) in [7, 11) is 0. The number of nitrogen functional groups attached to an aromatic ring is 1. The third kappa shape index (κ3) is 4.47. The molecule has 3 N–H and O–H groups in total. The topological polar surface area (TPSA) is 92.4 Å². The van der Waals surface area contributed by atoms with Gasteiger partial charge in [-0.05, 0) is 50.4 Å². The molecule has 2 aromatic heterocycles. The number of ether oxygens (including phenoxy) is 1. The number of nitrogens with one attached hydrogen (secondary N) is 1. The molecule has 4 aliphatic rings. The zero-order chi connectivity index (χ0) is 30.3. The normalized spacial score (nSPS) is 26.9. The molecule has 14 heteroatoms. The lowest BCUT2D eigenvalue weighted by Crippen LogP contribution is -2.51. The molecule has 8 nitrogen and oxygen atoms in total. The van der Waals surface area contributed by atoms with E-state index in [0.717, 1.165) is 49.6 Å². The van der Waals surface area contributed by atoms with E-state index in [1.807, 2.05) is 4.90 Å². The van der Waals surface area contributed by atoms with Crippen LogP contribution in [0.15, 0.2) is 18.2 Å². The molecule has 2 aromatic carbocycles. The van der Waals surface area contributed by atoms with E-state index in [0.29, 0.717) is 31.9 Å². The molecular weight excluding hydrogens is 601 g/mol. The number of thiazole rings is 1. The number of hydrogen-bond donors (Lipinski definition) is 2. The van der Waals surface area contributed by atoms with E-state index >= 15 is 4.39 Å². The largest absolute Gasteiger partial charge is 0.461 e. The first-order valence-corrected chi connectivity index (χ1v) is 15.7. The number of nitrogens with zero attached hydrogens (tertiary/aromatic N) is 5. The van der Waals surface area contributed by atoms with Crippen LogP contribution in [0.25, 0.3) is 32.2 Å². The predicted molar refractivity (Wildman–Crippen MR) is 158 cm³/mol. The Morgan fingerprint density at radius 1 is 1.09 bits per heavy atom. The zero-order valence-corrected chi connectivity index (χ0v) is 24.4. The summed E-state index contributed by atoms with van der Waals surface area (Å²) in [6.45, 7) is 2.38. The first-order valence-electron chi connectivity index (χ1n) is 14.9. The van der Waals surface area contributed by atoms with Gasteiger partial charge in [0.05, 0.1) is 15.8 Å². The SMILES string of the molecule is Nc1nc2c(-c3c(C(F)F)cc4c(N5CC6CCC(C5)N6)nc(OC[C@@]56CCCN5C[C@H](F)C6)nc4c3F)ccc(F)c2s1. The van der Waals surface area contributed by atoms with Crippen molar-refractivity contribution in [2.75, 3.05) is 43.4 Å². The molecule has 4 saturated heterocycles. The van der Waals surface area contributed by atoms with E-state index in [2.05, 4.69) is 25.2 Å². The highest BCUT2D eigenvalue weighted by Gasteiger charge is 2.49. The fourth-order valence-electron chi connectivity index (χ4n) is 7.77. The Morgan fingerprint density at radius 2 is 1.89 bits per heavy atom. The Balaban J connectivity index is 1.30. The highest BCUT2D eigenvalue weighted by molar-refractivity contribution is 7.22. The number of alkyl halides is 3. The second-order valence-corrected chi connectivity index (χ2v) is 13.4. The molecule has 4 atom stereocenters. The Bertz CT molecular complexity index is 1780. The quantitative estimate of drug-likeness (QED) is 0.266. The number of fused-ring (bicyclic) bond motifs is 5. The van der Waals surface area contributed by atoms with Gasteiger partial charge in [-0.25, -0.2) is 26.9 Å². The maximum Gasteiger partial charge on any atom is 0.319 e. The first kappa shape index (κ1) is 28.1. The minimum absolute atomic E-state index is 0.000446. The van der Waals surface area contributed by atoms with E-state index < -0.39 is 40.9 Å². The lowest BCUT2D eigenvalue weighted by Gasteiger charge is -2.35. The number of benzene rings is 2. The Hall–Kier alpha value is -3.36. The van der Waals surface area contributed by atoms with Crippen molar-refractivity contribution in [1.82, 2.24) is 25.2 Å². The van der Waals surface area contributed by atoms with Crippen molar-refractivity contribution in [1.29, 1.82) is 0 Å². The van der Waals surface area contributed by atoms with E-state index in [-0.39, 0.29) is 56.5 Å². The van der Waals surface area contributed by atoms with Gasteiger partial charge in [0.2, 0.25) is 0 Å². The number of aromatic nitrogens is 3. The Kier molecular flexibility index (Phi) is 6.61. The van der Waals surface area contributed by atoms with Crippen molar-refractivity contribution in [3.05, 3.63) is 35.4 Å². The lowest BCUT2D eigenvalue weighted by molar-refractivity contribution is 0.107. The van der Waals surface area contributed by atoms with Gasteiger partial charge in [0.1, 0.15) is 29.9 Å². The Morgan fingerprint density at radius 3 is 2.66 bits per heavy atom. The maximum atomic E-state index is 16.8. The number of anilines is 2. The number of nitrogens with two attached hydrogens (primary N) is 1. The summed E-state index contributed by atoms with van der Waals surface area (Å²) in [5.41, 5.74) is 4.16. The number of piperazine rings is 1. The fraction of sp³-hybridized carbons (Fsp3) is 0.500. The summed E-state index contributed by atoms with van der Waals surface area (Å²) in [5.74, 6) is -1.32. The van der Waals surface area contributed by atoms with Gasteiger partial charge in [-0.15, -0.1) is 0 Å². The number of hydrogen-bond acceptors (Lipinski definition) is 9. The second kappa shape index (κ2) is 10.3. The summed E-state index contributed by atoms with van der Waals surface area (Å²) in [4.78, 5) is 17.4. The smallest absolute Gasteiger partial charge is 0.319 e. The zero-order valence-electron chi connectivity index (χ0n) is 23.6. The van der Waals surface area contributed by atoms with Crippen molar-refractivity contribution < 1.29 is 26.7 Å². The van der Waals surface area contributed by atoms with Crippen LogP contribution in [0.5, 0.6) is 6.01 Å². The van der Waals surface area contributed by atoms with Gasteiger partial charge in [0.15, 0.2) is 10.9 Å². The molecule has 4 aliphatic heterocycles. The summed E-state index contributed by atoms with van der Waals surface area (Å²) in [6, 6.07) is 3.84. The fourth-order valence-corrected chi connectivity index (χ4v) is 8.54. The van der Waals surface area contributed by atoms with Gasteiger partial charge in [0, 0.05) is 60.2 Å². The van der Waals surface area contributed by atoms with E-state index in [9.17, 15) is 17.6 Å². The van der Waals surface area contributed by atoms with Crippen molar-refractivity contribution >= 4 is 43.4 Å². The number of rotatable bonds is 6. The van der Waals surface area contributed by atoms with Crippen LogP contribution >= 0.6 is 11.3 Å². The van der Waals surface area contributed by atoms with Crippen LogP contribution in [0.1, 0.15) is 44.1 Å².